The fourth-order valence-corrected chi connectivity index (χ4v) is 12.0. The van der Waals surface area contributed by atoms with Crippen LogP contribution in [0, 0.1) is 0 Å². The Morgan fingerprint density at radius 3 is 1.30 bits per heavy atom. The summed E-state index contributed by atoms with van der Waals surface area (Å²) in [5, 5.41) is 6.19. The van der Waals surface area contributed by atoms with E-state index in [1.807, 2.05) is 0 Å². The van der Waals surface area contributed by atoms with Gasteiger partial charge in [-0.05, 0) is 94.8 Å². The van der Waals surface area contributed by atoms with Crippen molar-refractivity contribution >= 4 is 23.6 Å². The van der Waals surface area contributed by atoms with E-state index in [4.69, 9.17) is 0 Å². The highest BCUT2D eigenvalue weighted by atomic mass is 28.3. The molecule has 0 bridgehead atoms. The summed E-state index contributed by atoms with van der Waals surface area (Å²) in [6.07, 6.45) is 17.8. The lowest BCUT2D eigenvalue weighted by atomic mass is 10.1. The van der Waals surface area contributed by atoms with E-state index in [-0.39, 0.29) is 0 Å². The minimum absolute atomic E-state index is 0.985. The second-order valence-corrected chi connectivity index (χ2v) is 16.3. The molecule has 1 aliphatic rings. The molecule has 4 aromatic carbocycles. The van der Waals surface area contributed by atoms with Crippen LogP contribution in [0.2, 0.25) is 0 Å². The maximum Gasteiger partial charge on any atom is 0.176 e. The number of unbranched alkanes of at least 4 members (excludes halogenated alkanes) is 3. The number of hydrogen-bond acceptors (Lipinski definition) is 0. The van der Waals surface area contributed by atoms with E-state index in [0.717, 1.165) is 32.1 Å². The first kappa shape index (κ1) is 31.0. The lowest BCUT2D eigenvalue weighted by Crippen LogP contribution is -2.68. The van der Waals surface area contributed by atoms with Gasteiger partial charge in [0.05, 0.1) is 0 Å². The van der Waals surface area contributed by atoms with Crippen LogP contribution in [-0.4, -0.2) is 8.07 Å². The average Bonchev–Trinajstić information content (AvgIpc) is 3.52. The molecule has 0 amide bonds. The zero-order valence-corrected chi connectivity index (χ0v) is 27.7. The van der Waals surface area contributed by atoms with Gasteiger partial charge in [-0.15, -0.1) is 0 Å². The first-order chi connectivity index (χ1) is 21.2. The van der Waals surface area contributed by atoms with Gasteiger partial charge in [0.2, 0.25) is 0 Å². The van der Waals surface area contributed by atoms with Gasteiger partial charge >= 0.3 is 0 Å². The summed E-state index contributed by atoms with van der Waals surface area (Å²) in [5.41, 5.74) is 7.28. The molecule has 43 heavy (non-hydrogen) atoms. The first-order valence-electron chi connectivity index (χ1n) is 16.9. The number of aryl methyl sites for hydroxylation is 3. The Morgan fingerprint density at radius 1 is 0.488 bits per heavy atom. The van der Waals surface area contributed by atoms with Crippen LogP contribution in [-0.2, 0) is 25.7 Å². The third-order valence-electron chi connectivity index (χ3n) is 9.34. The van der Waals surface area contributed by atoms with Gasteiger partial charge in [0.25, 0.3) is 0 Å². The molecule has 0 fully saturated rings. The van der Waals surface area contributed by atoms with E-state index >= 15 is 0 Å². The predicted molar refractivity (Wildman–Crippen MR) is 191 cm³/mol. The third-order valence-corrected chi connectivity index (χ3v) is 14.4. The highest BCUT2D eigenvalue weighted by Gasteiger charge is 2.44. The van der Waals surface area contributed by atoms with Crippen molar-refractivity contribution in [2.24, 2.45) is 0 Å². The Kier molecular flexibility index (Phi) is 11.1. The maximum absolute atomic E-state index is 2.55. The van der Waals surface area contributed by atoms with Gasteiger partial charge in [0, 0.05) is 0 Å². The van der Waals surface area contributed by atoms with Crippen molar-refractivity contribution in [1.29, 1.82) is 0 Å². The van der Waals surface area contributed by atoms with E-state index in [0.29, 0.717) is 0 Å². The van der Waals surface area contributed by atoms with Crippen molar-refractivity contribution < 1.29 is 0 Å². The zero-order valence-electron chi connectivity index (χ0n) is 26.7. The number of hydrogen-bond donors (Lipinski definition) is 0. The van der Waals surface area contributed by atoms with Crippen LogP contribution < -0.4 is 15.6 Å². The van der Waals surface area contributed by atoms with E-state index in [2.05, 4.69) is 136 Å². The standard InChI is InChI=1S/C42H50Si/c1-4-7-14-34-21-27-39(28-22-34)43(40-29-23-35(24-30-40)15-8-5-2,41-31-25-36(26-32-41)16-9-6-3)42-20-13-19-38(42)33-37-17-11-10-12-18-37/h10-13,17-19,21-32H,4-9,14-16,20,33H2,1-3H3. The molecule has 0 heterocycles. The topological polar surface area (TPSA) is 0 Å². The molecule has 0 saturated heterocycles. The molecule has 0 spiro atoms. The fourth-order valence-electron chi connectivity index (χ4n) is 6.86. The summed E-state index contributed by atoms with van der Waals surface area (Å²) in [6, 6.07) is 40.6. The van der Waals surface area contributed by atoms with E-state index in [9.17, 15) is 0 Å². The van der Waals surface area contributed by atoms with Crippen LogP contribution in [0.3, 0.4) is 0 Å². The summed E-state index contributed by atoms with van der Waals surface area (Å²) in [6.45, 7) is 6.86. The summed E-state index contributed by atoms with van der Waals surface area (Å²) in [5.74, 6) is 0. The van der Waals surface area contributed by atoms with Crippen LogP contribution in [0.1, 0.15) is 88.0 Å². The number of allylic oxidation sites excluding steroid dienone is 4. The largest absolute Gasteiger partial charge is 0.176 e. The lowest BCUT2D eigenvalue weighted by Gasteiger charge is -2.37. The molecule has 0 atom stereocenters. The predicted octanol–water partition coefficient (Wildman–Crippen LogP) is 9.22. The van der Waals surface area contributed by atoms with Crippen LogP contribution in [0.5, 0.6) is 0 Å². The summed E-state index contributed by atoms with van der Waals surface area (Å²) in [7, 11) is -2.55. The van der Waals surface area contributed by atoms with E-state index in [1.54, 1.807) is 5.20 Å². The minimum atomic E-state index is -2.55. The smallest absolute Gasteiger partial charge is 0.0805 e. The van der Waals surface area contributed by atoms with Crippen LogP contribution in [0.4, 0.5) is 0 Å². The highest BCUT2D eigenvalue weighted by Crippen LogP contribution is 2.31. The van der Waals surface area contributed by atoms with Crippen LogP contribution in [0.15, 0.2) is 126 Å². The lowest BCUT2D eigenvalue weighted by molar-refractivity contribution is 0.795. The first-order valence-corrected chi connectivity index (χ1v) is 18.9. The van der Waals surface area contributed by atoms with Gasteiger partial charge in [-0.2, -0.15) is 0 Å². The molecule has 0 nitrogen and oxygen atoms in total. The molecular formula is C42H50Si. The van der Waals surface area contributed by atoms with E-state index < -0.39 is 8.07 Å². The van der Waals surface area contributed by atoms with Crippen LogP contribution >= 0.6 is 0 Å². The molecule has 1 aliphatic carbocycles. The molecule has 0 aliphatic heterocycles. The molecule has 1 heteroatoms. The second kappa shape index (κ2) is 15.3. The number of benzene rings is 4. The van der Waals surface area contributed by atoms with Gasteiger partial charge in [0.1, 0.15) is 0 Å². The SMILES string of the molecule is CCCCc1ccc([Si](C2=C(Cc3ccccc3)C=CC2)(c2ccc(CCCC)cc2)c2ccc(CCCC)cc2)cc1. The maximum atomic E-state index is 2.50. The van der Waals surface area contributed by atoms with Gasteiger partial charge < -0.3 is 0 Å². The van der Waals surface area contributed by atoms with Gasteiger partial charge in [-0.25, -0.2) is 0 Å². The quantitative estimate of drug-likeness (QED) is 0.0968. The van der Waals surface area contributed by atoms with Crippen molar-refractivity contribution in [2.45, 2.75) is 91.4 Å². The summed E-state index contributed by atoms with van der Waals surface area (Å²) >= 11 is 0. The normalized spacial score (nSPS) is 13.2. The minimum Gasteiger partial charge on any atom is -0.0805 e. The van der Waals surface area contributed by atoms with Gasteiger partial charge in [-0.3, -0.25) is 0 Å². The number of rotatable bonds is 15. The molecule has 0 radical (unpaired) electrons. The second-order valence-electron chi connectivity index (χ2n) is 12.4. The Balaban J connectivity index is 1.72. The molecule has 0 N–H and O–H groups in total. The molecular weight excluding hydrogens is 533 g/mol. The Labute approximate surface area is 262 Å². The van der Waals surface area contributed by atoms with Crippen molar-refractivity contribution in [2.75, 3.05) is 0 Å². The van der Waals surface area contributed by atoms with E-state index in [1.165, 1.54) is 81.9 Å². The van der Waals surface area contributed by atoms with Crippen LogP contribution in [0.25, 0.3) is 0 Å². The monoisotopic (exact) mass is 582 g/mol. The molecule has 222 valence electrons. The van der Waals surface area contributed by atoms with Crippen molar-refractivity contribution in [1.82, 2.24) is 0 Å². The third kappa shape index (κ3) is 7.22. The Hall–Kier alpha value is -3.42. The van der Waals surface area contributed by atoms with Gasteiger partial charge in [-0.1, -0.05) is 161 Å². The van der Waals surface area contributed by atoms with Gasteiger partial charge in [0.15, 0.2) is 8.07 Å². The van der Waals surface area contributed by atoms with Crippen molar-refractivity contribution in [3.05, 3.63) is 148 Å². The molecule has 0 aromatic heterocycles. The molecule has 0 saturated carbocycles. The average molecular weight is 583 g/mol. The fraction of sp³-hybridized carbons (Fsp3) is 0.333. The van der Waals surface area contributed by atoms with Crippen molar-refractivity contribution in [3.63, 3.8) is 0 Å². The highest BCUT2D eigenvalue weighted by molar-refractivity contribution is 7.16. The molecule has 5 rings (SSSR count). The molecule has 4 aromatic rings. The Morgan fingerprint density at radius 2 is 0.907 bits per heavy atom. The van der Waals surface area contributed by atoms with Crippen molar-refractivity contribution in [3.8, 4) is 0 Å². The Bertz CT molecular complexity index is 1350. The summed E-state index contributed by atoms with van der Waals surface area (Å²) < 4.78 is 0. The molecule has 0 unspecified atom stereocenters. The summed E-state index contributed by atoms with van der Waals surface area (Å²) in [4.78, 5) is 0. The zero-order chi connectivity index (χ0) is 29.9.